The quantitative estimate of drug-likeness (QED) is 0.866. The van der Waals surface area contributed by atoms with Gasteiger partial charge in [0.2, 0.25) is 0 Å². The molecule has 0 radical (unpaired) electrons. The average molecular weight is 247 g/mol. The second-order valence-corrected chi connectivity index (χ2v) is 5.41. The monoisotopic (exact) mass is 247 g/mol. The molecule has 0 bridgehead atoms. The standard InChI is InChI=1S/C15H25N3/c1-13-4-6-14(7-5-13)11-18-9-8-17(3)15(12-18)10-16-2/h4-7,15-16H,8-12H2,1-3H3. The van der Waals surface area contributed by atoms with E-state index in [1.807, 2.05) is 7.05 Å². The molecule has 1 fully saturated rings. The van der Waals surface area contributed by atoms with Gasteiger partial charge >= 0.3 is 0 Å². The highest BCUT2D eigenvalue weighted by Crippen LogP contribution is 2.12. The van der Waals surface area contributed by atoms with Gasteiger partial charge < -0.3 is 5.32 Å². The van der Waals surface area contributed by atoms with E-state index in [0.717, 1.165) is 26.2 Å². The molecule has 3 nitrogen and oxygen atoms in total. The topological polar surface area (TPSA) is 18.5 Å². The van der Waals surface area contributed by atoms with Crippen molar-refractivity contribution in [1.82, 2.24) is 15.1 Å². The summed E-state index contributed by atoms with van der Waals surface area (Å²) in [6.07, 6.45) is 0. The van der Waals surface area contributed by atoms with Crippen molar-refractivity contribution in [3.63, 3.8) is 0 Å². The van der Waals surface area contributed by atoms with Gasteiger partial charge in [0.1, 0.15) is 0 Å². The molecule has 100 valence electrons. The highest BCUT2D eigenvalue weighted by atomic mass is 15.3. The zero-order valence-corrected chi connectivity index (χ0v) is 11.8. The number of hydrogen-bond donors (Lipinski definition) is 1. The highest BCUT2D eigenvalue weighted by molar-refractivity contribution is 5.21. The summed E-state index contributed by atoms with van der Waals surface area (Å²) in [7, 11) is 4.26. The van der Waals surface area contributed by atoms with Gasteiger partial charge in [0.25, 0.3) is 0 Å². The summed E-state index contributed by atoms with van der Waals surface area (Å²) in [4.78, 5) is 5.02. The Labute approximate surface area is 111 Å². The maximum Gasteiger partial charge on any atom is 0.0345 e. The summed E-state index contributed by atoms with van der Waals surface area (Å²) < 4.78 is 0. The Kier molecular flexibility index (Phi) is 4.75. The molecule has 0 aliphatic carbocycles. The van der Waals surface area contributed by atoms with Gasteiger partial charge in [-0.2, -0.15) is 0 Å². The third kappa shape index (κ3) is 3.55. The average Bonchev–Trinajstić information content (AvgIpc) is 2.37. The van der Waals surface area contributed by atoms with Crippen LogP contribution in [0.3, 0.4) is 0 Å². The molecular formula is C15H25N3. The van der Waals surface area contributed by atoms with Crippen LogP contribution in [0.4, 0.5) is 0 Å². The van der Waals surface area contributed by atoms with E-state index in [1.165, 1.54) is 17.7 Å². The first-order valence-electron chi connectivity index (χ1n) is 6.82. The number of aryl methyl sites for hydroxylation is 1. The third-order valence-corrected chi connectivity index (χ3v) is 3.83. The summed E-state index contributed by atoms with van der Waals surface area (Å²) >= 11 is 0. The smallest absolute Gasteiger partial charge is 0.0345 e. The van der Waals surface area contributed by atoms with Crippen LogP contribution in [-0.2, 0) is 6.54 Å². The number of hydrogen-bond acceptors (Lipinski definition) is 3. The number of rotatable bonds is 4. The molecule has 2 rings (SSSR count). The number of nitrogens with one attached hydrogen (secondary N) is 1. The fraction of sp³-hybridized carbons (Fsp3) is 0.600. The predicted molar refractivity (Wildman–Crippen MR) is 76.8 cm³/mol. The molecule has 1 aromatic rings. The molecule has 3 heteroatoms. The SMILES string of the molecule is CNCC1CN(Cc2ccc(C)cc2)CCN1C. The van der Waals surface area contributed by atoms with Crippen LogP contribution in [0.15, 0.2) is 24.3 Å². The van der Waals surface area contributed by atoms with E-state index in [1.54, 1.807) is 0 Å². The molecule has 1 aromatic carbocycles. The minimum atomic E-state index is 0.634. The van der Waals surface area contributed by atoms with Crippen molar-refractivity contribution in [1.29, 1.82) is 0 Å². The summed E-state index contributed by atoms with van der Waals surface area (Å²) in [5.74, 6) is 0. The lowest BCUT2D eigenvalue weighted by molar-refractivity contribution is 0.0910. The largest absolute Gasteiger partial charge is 0.318 e. The summed E-state index contributed by atoms with van der Waals surface area (Å²) in [6, 6.07) is 9.54. The van der Waals surface area contributed by atoms with Crippen LogP contribution in [0.1, 0.15) is 11.1 Å². The van der Waals surface area contributed by atoms with Crippen molar-refractivity contribution in [2.45, 2.75) is 19.5 Å². The lowest BCUT2D eigenvalue weighted by atomic mass is 10.1. The molecule has 0 aromatic heterocycles. The molecule has 1 atom stereocenters. The predicted octanol–water partition coefficient (Wildman–Crippen LogP) is 1.33. The fourth-order valence-corrected chi connectivity index (χ4v) is 2.56. The first-order chi connectivity index (χ1) is 8.69. The Morgan fingerprint density at radius 1 is 1.22 bits per heavy atom. The second kappa shape index (κ2) is 6.32. The Morgan fingerprint density at radius 3 is 2.61 bits per heavy atom. The lowest BCUT2D eigenvalue weighted by Gasteiger charge is -2.39. The third-order valence-electron chi connectivity index (χ3n) is 3.83. The first kappa shape index (κ1) is 13.5. The summed E-state index contributed by atoms with van der Waals surface area (Å²) in [6.45, 7) is 7.78. The van der Waals surface area contributed by atoms with Crippen molar-refractivity contribution in [2.24, 2.45) is 0 Å². The summed E-state index contributed by atoms with van der Waals surface area (Å²) in [5, 5.41) is 3.29. The van der Waals surface area contributed by atoms with E-state index in [2.05, 4.69) is 53.4 Å². The molecule has 1 heterocycles. The van der Waals surface area contributed by atoms with E-state index >= 15 is 0 Å². The second-order valence-electron chi connectivity index (χ2n) is 5.41. The fourth-order valence-electron chi connectivity index (χ4n) is 2.56. The maximum atomic E-state index is 3.29. The normalized spacial score (nSPS) is 22.3. The Bertz CT molecular complexity index is 361. The number of piperazine rings is 1. The van der Waals surface area contributed by atoms with E-state index < -0.39 is 0 Å². The minimum Gasteiger partial charge on any atom is -0.318 e. The van der Waals surface area contributed by atoms with Gasteiger partial charge in [0.15, 0.2) is 0 Å². The van der Waals surface area contributed by atoms with Crippen LogP contribution in [0.2, 0.25) is 0 Å². The Balaban J connectivity index is 1.91. The number of nitrogens with zero attached hydrogens (tertiary/aromatic N) is 2. The maximum absolute atomic E-state index is 3.29. The molecule has 1 saturated heterocycles. The number of likely N-dealkylation sites (N-methyl/N-ethyl adjacent to an activating group) is 2. The zero-order chi connectivity index (χ0) is 13.0. The van der Waals surface area contributed by atoms with E-state index in [-0.39, 0.29) is 0 Å². The molecule has 18 heavy (non-hydrogen) atoms. The van der Waals surface area contributed by atoms with Crippen LogP contribution in [0, 0.1) is 6.92 Å². The van der Waals surface area contributed by atoms with E-state index in [9.17, 15) is 0 Å². The Hall–Kier alpha value is -0.900. The van der Waals surface area contributed by atoms with Crippen LogP contribution < -0.4 is 5.32 Å². The van der Waals surface area contributed by atoms with Gasteiger partial charge in [-0.25, -0.2) is 0 Å². The molecule has 0 saturated carbocycles. The van der Waals surface area contributed by atoms with Crippen molar-refractivity contribution in [2.75, 3.05) is 40.3 Å². The zero-order valence-electron chi connectivity index (χ0n) is 11.8. The lowest BCUT2D eigenvalue weighted by Crippen LogP contribution is -2.54. The van der Waals surface area contributed by atoms with Crippen LogP contribution >= 0.6 is 0 Å². The van der Waals surface area contributed by atoms with Crippen molar-refractivity contribution in [3.05, 3.63) is 35.4 Å². The molecular weight excluding hydrogens is 222 g/mol. The molecule has 1 unspecified atom stereocenters. The van der Waals surface area contributed by atoms with Crippen LogP contribution in [0.25, 0.3) is 0 Å². The first-order valence-corrected chi connectivity index (χ1v) is 6.82. The Morgan fingerprint density at radius 2 is 1.94 bits per heavy atom. The molecule has 1 aliphatic rings. The van der Waals surface area contributed by atoms with Gasteiger partial charge in [-0.05, 0) is 26.6 Å². The van der Waals surface area contributed by atoms with Gasteiger partial charge in [-0.3, -0.25) is 9.80 Å². The van der Waals surface area contributed by atoms with Crippen molar-refractivity contribution >= 4 is 0 Å². The van der Waals surface area contributed by atoms with Crippen LogP contribution in [-0.4, -0.2) is 56.1 Å². The molecule has 0 amide bonds. The van der Waals surface area contributed by atoms with Crippen molar-refractivity contribution < 1.29 is 0 Å². The number of benzene rings is 1. The molecule has 1 aliphatic heterocycles. The van der Waals surface area contributed by atoms with Gasteiger partial charge in [-0.1, -0.05) is 29.8 Å². The molecule has 1 N–H and O–H groups in total. The van der Waals surface area contributed by atoms with Crippen LogP contribution in [0.5, 0.6) is 0 Å². The van der Waals surface area contributed by atoms with Crippen molar-refractivity contribution in [3.8, 4) is 0 Å². The van der Waals surface area contributed by atoms with Gasteiger partial charge in [0.05, 0.1) is 0 Å². The van der Waals surface area contributed by atoms with E-state index in [4.69, 9.17) is 0 Å². The van der Waals surface area contributed by atoms with Gasteiger partial charge in [-0.15, -0.1) is 0 Å². The minimum absolute atomic E-state index is 0.634. The summed E-state index contributed by atoms with van der Waals surface area (Å²) in [5.41, 5.74) is 2.76. The highest BCUT2D eigenvalue weighted by Gasteiger charge is 2.23. The molecule has 0 spiro atoms. The van der Waals surface area contributed by atoms with Gasteiger partial charge in [0, 0.05) is 38.8 Å². The van der Waals surface area contributed by atoms with E-state index in [0.29, 0.717) is 6.04 Å².